The molecule has 0 spiro atoms. The highest BCUT2D eigenvalue weighted by Gasteiger charge is 2.27. The molecule has 0 amide bonds. The highest BCUT2D eigenvalue weighted by molar-refractivity contribution is 7.92. The Balaban J connectivity index is 2.49. The van der Waals surface area contributed by atoms with Gasteiger partial charge in [0, 0.05) is 5.02 Å². The predicted molar refractivity (Wildman–Crippen MR) is 86.9 cm³/mol. The average Bonchev–Trinajstić information content (AvgIpc) is 2.49. The second-order valence-electron chi connectivity index (χ2n) is 4.32. The van der Waals surface area contributed by atoms with Crippen molar-refractivity contribution in [1.29, 1.82) is 0 Å². The van der Waals surface area contributed by atoms with Gasteiger partial charge >= 0.3 is 0 Å². The molecule has 0 saturated carbocycles. The summed E-state index contributed by atoms with van der Waals surface area (Å²) in [4.78, 5) is 9.80. The fourth-order valence-electron chi connectivity index (χ4n) is 1.77. The summed E-state index contributed by atoms with van der Waals surface area (Å²) >= 11 is 11.6. The zero-order chi connectivity index (χ0) is 17.2. The number of anilines is 1. The highest BCUT2D eigenvalue weighted by atomic mass is 35.5. The van der Waals surface area contributed by atoms with E-state index in [1.807, 2.05) is 0 Å². The molecule has 0 heterocycles. The number of nitrogens with zero attached hydrogens (tertiary/aromatic N) is 1. The van der Waals surface area contributed by atoms with E-state index in [0.717, 1.165) is 12.1 Å². The molecule has 0 aliphatic rings. The van der Waals surface area contributed by atoms with Crippen molar-refractivity contribution in [3.8, 4) is 5.75 Å². The quantitative estimate of drug-likeness (QED) is 0.633. The van der Waals surface area contributed by atoms with E-state index in [0.29, 0.717) is 5.02 Å². The molecule has 0 aliphatic carbocycles. The molecule has 0 atom stereocenters. The number of nitrogens with one attached hydrogen (secondary N) is 1. The fourth-order valence-corrected chi connectivity index (χ4v) is 3.51. The van der Waals surface area contributed by atoms with Crippen molar-refractivity contribution in [2.75, 3.05) is 11.8 Å². The third kappa shape index (κ3) is 3.84. The summed E-state index contributed by atoms with van der Waals surface area (Å²) in [5.41, 5.74) is -0.553. The van der Waals surface area contributed by atoms with Crippen LogP contribution in [0.5, 0.6) is 5.75 Å². The minimum atomic E-state index is -4.22. The molecule has 0 bridgehead atoms. The van der Waals surface area contributed by atoms with Crippen LogP contribution in [-0.2, 0) is 10.0 Å². The Hall–Kier alpha value is -2.03. The van der Waals surface area contributed by atoms with E-state index in [1.165, 1.54) is 31.4 Å². The van der Waals surface area contributed by atoms with Gasteiger partial charge < -0.3 is 4.74 Å². The first-order valence-corrected chi connectivity index (χ1v) is 8.29. The van der Waals surface area contributed by atoms with Gasteiger partial charge in [-0.2, -0.15) is 0 Å². The number of benzene rings is 2. The first-order valence-electron chi connectivity index (χ1n) is 6.05. The third-order valence-electron chi connectivity index (χ3n) is 2.83. The standard InChI is InChI=1S/C13H10Cl2N2O5S/c1-22-9-3-5-13(12(7-9)17(18)19)23(20,21)16-11-4-2-8(14)6-10(11)15/h2-7,16H,1H3. The summed E-state index contributed by atoms with van der Waals surface area (Å²) in [6.45, 7) is 0. The van der Waals surface area contributed by atoms with Crippen LogP contribution in [0.15, 0.2) is 41.3 Å². The summed E-state index contributed by atoms with van der Waals surface area (Å²) in [7, 11) is -2.91. The van der Waals surface area contributed by atoms with Crippen molar-refractivity contribution in [2.45, 2.75) is 4.90 Å². The maximum absolute atomic E-state index is 12.4. The Kier molecular flexibility index (Phi) is 4.98. The van der Waals surface area contributed by atoms with Gasteiger partial charge in [-0.05, 0) is 30.3 Å². The maximum atomic E-state index is 12.4. The number of halogens is 2. The summed E-state index contributed by atoms with van der Waals surface area (Å²) < 4.78 is 31.9. The lowest BCUT2D eigenvalue weighted by molar-refractivity contribution is -0.387. The summed E-state index contributed by atoms with van der Waals surface area (Å²) in [6.07, 6.45) is 0. The van der Waals surface area contributed by atoms with Crippen molar-refractivity contribution in [3.63, 3.8) is 0 Å². The van der Waals surface area contributed by atoms with E-state index >= 15 is 0 Å². The van der Waals surface area contributed by atoms with E-state index < -0.39 is 25.5 Å². The van der Waals surface area contributed by atoms with Crippen LogP contribution in [-0.4, -0.2) is 20.5 Å². The lowest BCUT2D eigenvalue weighted by Crippen LogP contribution is -2.15. The minimum absolute atomic E-state index is 0.0567. The highest BCUT2D eigenvalue weighted by Crippen LogP contribution is 2.32. The zero-order valence-electron chi connectivity index (χ0n) is 11.6. The van der Waals surface area contributed by atoms with Crippen LogP contribution in [0.4, 0.5) is 11.4 Å². The number of hydrogen-bond donors (Lipinski definition) is 1. The second kappa shape index (κ2) is 6.61. The van der Waals surface area contributed by atoms with E-state index in [-0.39, 0.29) is 16.5 Å². The maximum Gasteiger partial charge on any atom is 0.293 e. The molecule has 0 radical (unpaired) electrons. The molecule has 2 rings (SSSR count). The zero-order valence-corrected chi connectivity index (χ0v) is 13.9. The molecule has 23 heavy (non-hydrogen) atoms. The molecule has 2 aromatic rings. The molecular weight excluding hydrogens is 367 g/mol. The lowest BCUT2D eigenvalue weighted by Gasteiger charge is -2.11. The average molecular weight is 377 g/mol. The smallest absolute Gasteiger partial charge is 0.293 e. The van der Waals surface area contributed by atoms with Gasteiger partial charge in [-0.1, -0.05) is 23.2 Å². The van der Waals surface area contributed by atoms with Crippen molar-refractivity contribution >= 4 is 44.6 Å². The predicted octanol–water partition coefficient (Wildman–Crippen LogP) is 3.71. The topological polar surface area (TPSA) is 98.5 Å². The summed E-state index contributed by atoms with van der Waals surface area (Å²) in [5.74, 6) is 0.167. The minimum Gasteiger partial charge on any atom is -0.497 e. The number of sulfonamides is 1. The Morgan fingerprint density at radius 2 is 1.87 bits per heavy atom. The van der Waals surface area contributed by atoms with Crippen LogP contribution in [0.25, 0.3) is 0 Å². The Labute approximate surface area is 142 Å². The largest absolute Gasteiger partial charge is 0.497 e. The molecule has 122 valence electrons. The van der Waals surface area contributed by atoms with Gasteiger partial charge in [0.1, 0.15) is 5.75 Å². The van der Waals surface area contributed by atoms with E-state index in [2.05, 4.69) is 4.72 Å². The van der Waals surface area contributed by atoms with Crippen LogP contribution in [0, 0.1) is 10.1 Å². The van der Waals surface area contributed by atoms with Gasteiger partial charge in [0.05, 0.1) is 28.8 Å². The molecular formula is C13H10Cl2N2O5S. The van der Waals surface area contributed by atoms with Crippen LogP contribution >= 0.6 is 23.2 Å². The molecule has 7 nitrogen and oxygen atoms in total. The molecule has 0 aromatic heterocycles. The van der Waals surface area contributed by atoms with Crippen molar-refractivity contribution in [1.82, 2.24) is 0 Å². The Bertz CT molecular complexity index is 871. The molecule has 0 aliphatic heterocycles. The Morgan fingerprint density at radius 1 is 1.17 bits per heavy atom. The first kappa shape index (κ1) is 17.3. The van der Waals surface area contributed by atoms with Crippen molar-refractivity contribution in [3.05, 3.63) is 56.6 Å². The normalized spacial score (nSPS) is 11.1. The monoisotopic (exact) mass is 376 g/mol. The van der Waals surface area contributed by atoms with Gasteiger partial charge in [-0.3, -0.25) is 14.8 Å². The number of hydrogen-bond acceptors (Lipinski definition) is 5. The Morgan fingerprint density at radius 3 is 2.43 bits per heavy atom. The summed E-state index contributed by atoms with van der Waals surface area (Å²) in [6, 6.07) is 7.57. The van der Waals surface area contributed by atoms with Crippen molar-refractivity contribution < 1.29 is 18.1 Å². The first-order chi connectivity index (χ1) is 10.7. The number of methoxy groups -OCH3 is 1. The van der Waals surface area contributed by atoms with Gasteiger partial charge in [-0.15, -0.1) is 0 Å². The number of nitro groups is 1. The van der Waals surface area contributed by atoms with Gasteiger partial charge in [-0.25, -0.2) is 8.42 Å². The molecule has 0 fully saturated rings. The second-order valence-corrected chi connectivity index (χ2v) is 6.81. The fraction of sp³-hybridized carbons (Fsp3) is 0.0769. The lowest BCUT2D eigenvalue weighted by atomic mass is 10.3. The molecule has 1 N–H and O–H groups in total. The van der Waals surface area contributed by atoms with Crippen LogP contribution in [0.2, 0.25) is 10.0 Å². The molecule has 10 heteroatoms. The van der Waals surface area contributed by atoms with Gasteiger partial charge in [0.2, 0.25) is 0 Å². The van der Waals surface area contributed by atoms with Crippen molar-refractivity contribution in [2.24, 2.45) is 0 Å². The summed E-state index contributed by atoms with van der Waals surface area (Å²) in [5, 5.41) is 11.5. The van der Waals surface area contributed by atoms with E-state index in [9.17, 15) is 18.5 Å². The third-order valence-corrected chi connectivity index (χ3v) is 4.79. The number of rotatable bonds is 5. The van der Waals surface area contributed by atoms with Crippen LogP contribution < -0.4 is 9.46 Å². The molecule has 0 unspecified atom stereocenters. The SMILES string of the molecule is COc1ccc(S(=O)(=O)Nc2ccc(Cl)cc2Cl)c([N+](=O)[O-])c1. The van der Waals surface area contributed by atoms with E-state index in [4.69, 9.17) is 27.9 Å². The van der Waals surface area contributed by atoms with Gasteiger partial charge in [0.25, 0.3) is 15.7 Å². The van der Waals surface area contributed by atoms with Gasteiger partial charge in [0.15, 0.2) is 4.90 Å². The van der Waals surface area contributed by atoms with Crippen LogP contribution in [0.1, 0.15) is 0 Å². The molecule has 0 saturated heterocycles. The number of ether oxygens (including phenoxy) is 1. The number of nitro benzene ring substituents is 1. The van der Waals surface area contributed by atoms with Crippen LogP contribution in [0.3, 0.4) is 0 Å². The molecule has 2 aromatic carbocycles. The van der Waals surface area contributed by atoms with E-state index in [1.54, 1.807) is 0 Å².